The van der Waals surface area contributed by atoms with Gasteiger partial charge in [0.1, 0.15) is 5.82 Å². The molecule has 0 spiro atoms. The fraction of sp³-hybridized carbons (Fsp3) is 0.385. The molecule has 102 valence electrons. The van der Waals surface area contributed by atoms with Crippen molar-refractivity contribution in [3.8, 4) is 0 Å². The van der Waals surface area contributed by atoms with Crippen LogP contribution in [0.15, 0.2) is 18.2 Å². The second-order valence-electron chi connectivity index (χ2n) is 4.31. The highest BCUT2D eigenvalue weighted by Gasteiger charge is 2.30. The van der Waals surface area contributed by atoms with Crippen LogP contribution < -0.4 is 5.32 Å². The lowest BCUT2D eigenvalue weighted by Crippen LogP contribution is -2.13. The smallest absolute Gasteiger partial charge is 0.319 e. The number of nitrogens with one attached hydrogen (secondary N) is 1. The molecule has 19 heavy (non-hydrogen) atoms. The average Bonchev–Trinajstić information content (AvgIpc) is 2.35. The molecular weight excluding hydrogens is 255 g/mol. The van der Waals surface area contributed by atoms with Crippen molar-refractivity contribution in [3.05, 3.63) is 35.3 Å². The van der Waals surface area contributed by atoms with Crippen LogP contribution in [0.2, 0.25) is 0 Å². The van der Waals surface area contributed by atoms with E-state index in [9.17, 15) is 13.2 Å². The standard InChI is InChI=1S/C13H14F3N3/c1-8-10-7-9(13(14,15)16)3-4-11(10)19-12(18-8)5-6-17-2/h3-4,7,17H,5-6H2,1-2H3. The molecule has 0 aliphatic rings. The number of alkyl halides is 3. The van der Waals surface area contributed by atoms with Crippen LogP contribution in [-0.2, 0) is 12.6 Å². The van der Waals surface area contributed by atoms with E-state index in [4.69, 9.17) is 0 Å². The Morgan fingerprint density at radius 1 is 1.21 bits per heavy atom. The fourth-order valence-corrected chi connectivity index (χ4v) is 1.87. The molecule has 0 saturated heterocycles. The zero-order valence-corrected chi connectivity index (χ0v) is 10.7. The van der Waals surface area contributed by atoms with Crippen molar-refractivity contribution < 1.29 is 13.2 Å². The van der Waals surface area contributed by atoms with E-state index < -0.39 is 11.7 Å². The Labute approximate surface area is 108 Å². The molecular formula is C13H14F3N3. The first-order chi connectivity index (χ1) is 8.91. The predicted octanol–water partition coefficient (Wildman–Crippen LogP) is 2.72. The topological polar surface area (TPSA) is 37.8 Å². The molecule has 1 N–H and O–H groups in total. The highest BCUT2D eigenvalue weighted by Crippen LogP contribution is 2.31. The van der Waals surface area contributed by atoms with Crippen molar-refractivity contribution in [2.45, 2.75) is 19.5 Å². The first kappa shape index (κ1) is 13.7. The molecule has 0 atom stereocenters. The number of halogens is 3. The van der Waals surface area contributed by atoms with Gasteiger partial charge in [-0.05, 0) is 32.2 Å². The maximum absolute atomic E-state index is 12.6. The van der Waals surface area contributed by atoms with Crippen LogP contribution in [0.25, 0.3) is 10.9 Å². The summed E-state index contributed by atoms with van der Waals surface area (Å²) in [4.78, 5) is 8.52. The molecule has 0 unspecified atom stereocenters. The van der Waals surface area contributed by atoms with Crippen molar-refractivity contribution in [1.82, 2.24) is 15.3 Å². The quantitative estimate of drug-likeness (QED) is 0.931. The summed E-state index contributed by atoms with van der Waals surface area (Å²) >= 11 is 0. The largest absolute Gasteiger partial charge is 0.416 e. The Bertz CT molecular complexity index is 593. The van der Waals surface area contributed by atoms with E-state index in [1.165, 1.54) is 6.07 Å². The lowest BCUT2D eigenvalue weighted by molar-refractivity contribution is -0.137. The van der Waals surface area contributed by atoms with Gasteiger partial charge >= 0.3 is 6.18 Å². The zero-order valence-electron chi connectivity index (χ0n) is 10.7. The van der Waals surface area contributed by atoms with Crippen LogP contribution in [0.4, 0.5) is 13.2 Å². The van der Waals surface area contributed by atoms with E-state index in [0.717, 1.165) is 18.7 Å². The highest BCUT2D eigenvalue weighted by atomic mass is 19.4. The van der Waals surface area contributed by atoms with E-state index >= 15 is 0 Å². The maximum Gasteiger partial charge on any atom is 0.416 e. The second kappa shape index (κ2) is 5.13. The molecule has 1 heterocycles. The minimum absolute atomic E-state index is 0.447. The molecule has 0 bridgehead atoms. The molecule has 0 radical (unpaired) electrons. The van der Waals surface area contributed by atoms with Crippen LogP contribution >= 0.6 is 0 Å². The summed E-state index contributed by atoms with van der Waals surface area (Å²) in [7, 11) is 1.82. The van der Waals surface area contributed by atoms with Gasteiger partial charge in [0.2, 0.25) is 0 Å². The highest BCUT2D eigenvalue weighted by molar-refractivity contribution is 5.81. The first-order valence-corrected chi connectivity index (χ1v) is 5.91. The van der Waals surface area contributed by atoms with Gasteiger partial charge in [0, 0.05) is 24.0 Å². The van der Waals surface area contributed by atoms with Crippen LogP contribution in [-0.4, -0.2) is 23.6 Å². The maximum atomic E-state index is 12.6. The molecule has 3 nitrogen and oxygen atoms in total. The van der Waals surface area contributed by atoms with Gasteiger partial charge in [0.15, 0.2) is 0 Å². The minimum Gasteiger partial charge on any atom is -0.319 e. The van der Waals surface area contributed by atoms with Crippen LogP contribution in [0.1, 0.15) is 17.1 Å². The number of aryl methyl sites for hydroxylation is 1. The van der Waals surface area contributed by atoms with Crippen molar-refractivity contribution in [1.29, 1.82) is 0 Å². The van der Waals surface area contributed by atoms with Crippen molar-refractivity contribution >= 4 is 10.9 Å². The Morgan fingerprint density at radius 2 is 1.95 bits per heavy atom. The Morgan fingerprint density at radius 3 is 2.58 bits per heavy atom. The van der Waals surface area contributed by atoms with Gasteiger partial charge in [-0.2, -0.15) is 13.2 Å². The summed E-state index contributed by atoms with van der Waals surface area (Å²) < 4.78 is 37.9. The number of hydrogen-bond donors (Lipinski definition) is 1. The van der Waals surface area contributed by atoms with Crippen molar-refractivity contribution in [3.63, 3.8) is 0 Å². The van der Waals surface area contributed by atoms with Gasteiger partial charge in [-0.3, -0.25) is 0 Å². The van der Waals surface area contributed by atoms with Crippen molar-refractivity contribution in [2.24, 2.45) is 0 Å². The van der Waals surface area contributed by atoms with Gasteiger partial charge in [0.25, 0.3) is 0 Å². The summed E-state index contributed by atoms with van der Waals surface area (Å²) in [5.41, 5.74) is 0.448. The van der Waals surface area contributed by atoms with Gasteiger partial charge in [-0.25, -0.2) is 9.97 Å². The zero-order chi connectivity index (χ0) is 14.0. The van der Waals surface area contributed by atoms with Gasteiger partial charge in [0.05, 0.1) is 11.1 Å². The summed E-state index contributed by atoms with van der Waals surface area (Å²) in [5, 5.41) is 3.43. The van der Waals surface area contributed by atoms with E-state index in [2.05, 4.69) is 15.3 Å². The molecule has 0 amide bonds. The van der Waals surface area contributed by atoms with Gasteiger partial charge in [-0.1, -0.05) is 0 Å². The molecule has 2 aromatic rings. The summed E-state index contributed by atoms with van der Waals surface area (Å²) in [6, 6.07) is 3.55. The third-order valence-corrected chi connectivity index (χ3v) is 2.86. The molecule has 1 aromatic heterocycles. The third-order valence-electron chi connectivity index (χ3n) is 2.86. The number of likely N-dealkylation sites (N-methyl/N-ethyl adjacent to an activating group) is 1. The summed E-state index contributed by atoms with van der Waals surface area (Å²) in [6.45, 7) is 2.43. The van der Waals surface area contributed by atoms with Gasteiger partial charge < -0.3 is 5.32 Å². The van der Waals surface area contributed by atoms with Crippen molar-refractivity contribution in [2.75, 3.05) is 13.6 Å². The fourth-order valence-electron chi connectivity index (χ4n) is 1.87. The third kappa shape index (κ3) is 3.01. The minimum atomic E-state index is -4.34. The number of nitrogens with zero attached hydrogens (tertiary/aromatic N) is 2. The van der Waals surface area contributed by atoms with Crippen LogP contribution in [0.5, 0.6) is 0 Å². The summed E-state index contributed by atoms with van der Waals surface area (Å²) in [5.74, 6) is 0.638. The number of benzene rings is 1. The first-order valence-electron chi connectivity index (χ1n) is 5.91. The second-order valence-corrected chi connectivity index (χ2v) is 4.31. The molecule has 2 rings (SSSR count). The molecule has 6 heteroatoms. The average molecular weight is 269 g/mol. The molecule has 0 fully saturated rings. The molecule has 1 aromatic carbocycles. The van der Waals surface area contributed by atoms with Crippen LogP contribution in [0.3, 0.4) is 0 Å². The molecule has 0 saturated carbocycles. The van der Waals surface area contributed by atoms with E-state index in [1.807, 2.05) is 7.05 Å². The van der Waals surface area contributed by atoms with Crippen LogP contribution in [0, 0.1) is 6.92 Å². The number of aromatic nitrogens is 2. The number of hydrogen-bond acceptors (Lipinski definition) is 3. The number of fused-ring (bicyclic) bond motifs is 1. The SMILES string of the molecule is CNCCc1nc(C)c2cc(C(F)(F)F)ccc2n1. The molecule has 0 aliphatic carbocycles. The van der Waals surface area contributed by atoms with Gasteiger partial charge in [-0.15, -0.1) is 0 Å². The summed E-state index contributed by atoms with van der Waals surface area (Å²) in [6.07, 6.45) is -3.69. The Balaban J connectivity index is 2.48. The Kier molecular flexibility index (Phi) is 3.71. The predicted molar refractivity (Wildman–Crippen MR) is 66.9 cm³/mol. The number of rotatable bonds is 3. The van der Waals surface area contributed by atoms with E-state index in [-0.39, 0.29) is 0 Å². The lowest BCUT2D eigenvalue weighted by atomic mass is 10.1. The monoisotopic (exact) mass is 269 g/mol. The lowest BCUT2D eigenvalue weighted by Gasteiger charge is -2.10. The molecule has 0 aliphatic heterocycles. The van der Waals surface area contributed by atoms with E-state index in [0.29, 0.717) is 28.8 Å². The Hall–Kier alpha value is -1.69. The van der Waals surface area contributed by atoms with E-state index in [1.54, 1.807) is 6.92 Å². The normalized spacial score (nSPS) is 12.1.